The number of nitrogens with zero attached hydrogens (tertiary/aromatic N) is 2. The summed E-state index contributed by atoms with van der Waals surface area (Å²) in [4.78, 5) is 21.7. The molecular weight excluding hydrogens is 595 g/mol. The minimum atomic E-state index is -1.10. The van der Waals surface area contributed by atoms with Crippen molar-refractivity contribution in [3.63, 3.8) is 0 Å². The number of carboxylic acids is 1. The molecule has 6 nitrogen and oxygen atoms in total. The van der Waals surface area contributed by atoms with Gasteiger partial charge in [0.15, 0.2) is 6.29 Å². The number of benzene rings is 5. The Morgan fingerprint density at radius 1 is 0.590 bits per heavy atom. The van der Waals surface area contributed by atoms with Gasteiger partial charge in [-0.05, 0) is 30.3 Å². The van der Waals surface area contributed by atoms with Gasteiger partial charge in [0.25, 0.3) is 0 Å². The van der Waals surface area contributed by atoms with Gasteiger partial charge in [-0.1, -0.05) is 121 Å². The molecule has 7 heteroatoms. The van der Waals surface area contributed by atoms with Crippen LogP contribution in [0.15, 0.2) is 162 Å². The molecule has 2 N–H and O–H groups in total. The summed E-state index contributed by atoms with van der Waals surface area (Å²) in [6.07, 6.45) is 0.500. The molecule has 0 spiro atoms. The van der Waals surface area contributed by atoms with E-state index in [0.29, 0.717) is 12.0 Å². The maximum absolute atomic E-state index is 11.0. The summed E-state index contributed by atoms with van der Waals surface area (Å²) < 4.78 is 0. The molecule has 0 bridgehead atoms. The number of aromatic carboxylic acids is 1. The standard InChI is InChI=1S/C14H10N2O4.3C6H6.Sn/c17-8-9-7-10(5-6-13(9)18)15-16-12-4-2-1-3-11(12)14(19)20;3*1-2-4-6-5-3-1;/h1-8,18H,(H,19,20);3*1-6H;/q;;;;+4. The molecule has 39 heavy (non-hydrogen) atoms. The van der Waals surface area contributed by atoms with E-state index in [2.05, 4.69) is 10.2 Å². The van der Waals surface area contributed by atoms with Gasteiger partial charge in [-0.3, -0.25) is 4.79 Å². The van der Waals surface area contributed by atoms with Gasteiger partial charge in [0, 0.05) is 0 Å². The average molecular weight is 623 g/mol. The summed E-state index contributed by atoms with van der Waals surface area (Å²) in [5.41, 5.74) is 0.671. The van der Waals surface area contributed by atoms with Crippen molar-refractivity contribution < 1.29 is 19.8 Å². The van der Waals surface area contributed by atoms with Crippen molar-refractivity contribution in [2.75, 3.05) is 0 Å². The largest absolute Gasteiger partial charge is 4.00 e. The van der Waals surface area contributed by atoms with Gasteiger partial charge in [0.05, 0.1) is 16.8 Å². The van der Waals surface area contributed by atoms with E-state index in [0.717, 1.165) is 0 Å². The fraction of sp³-hybridized carbons (Fsp3) is 0. The molecule has 5 aromatic carbocycles. The number of carboxylic acid groups (broad SMARTS) is 1. The maximum Gasteiger partial charge on any atom is 4.00 e. The van der Waals surface area contributed by atoms with Gasteiger partial charge in [0.2, 0.25) is 0 Å². The smallest absolute Gasteiger partial charge is 0.507 e. The number of hydrogen-bond acceptors (Lipinski definition) is 5. The van der Waals surface area contributed by atoms with Crippen LogP contribution in [0, 0.1) is 0 Å². The first kappa shape index (κ1) is 32.5. The van der Waals surface area contributed by atoms with Crippen LogP contribution in [0.4, 0.5) is 11.4 Å². The first-order valence-corrected chi connectivity index (χ1v) is 11.6. The van der Waals surface area contributed by atoms with Crippen molar-refractivity contribution in [1.82, 2.24) is 0 Å². The van der Waals surface area contributed by atoms with E-state index in [4.69, 9.17) is 5.11 Å². The van der Waals surface area contributed by atoms with Crippen LogP contribution in [-0.2, 0) is 0 Å². The molecular formula is C32H28N2O4Sn+4. The number of aldehydes is 1. The number of carbonyl (C=O) groups excluding carboxylic acids is 1. The fourth-order valence-corrected chi connectivity index (χ4v) is 2.71. The van der Waals surface area contributed by atoms with E-state index in [9.17, 15) is 14.7 Å². The number of rotatable bonds is 4. The summed E-state index contributed by atoms with van der Waals surface area (Å²) in [6, 6.07) is 46.3. The Morgan fingerprint density at radius 2 is 1.00 bits per heavy atom. The third kappa shape index (κ3) is 14.1. The Labute approximate surface area is 245 Å². The number of azo groups is 1. The SMILES string of the molecule is O=Cc1cc(N=Nc2ccccc2C(=O)O)ccc1O.[Sn+4].c1ccccc1.c1ccccc1.c1ccccc1. The Bertz CT molecular complexity index is 1210. The van der Waals surface area contributed by atoms with E-state index < -0.39 is 5.97 Å². The van der Waals surface area contributed by atoms with Crippen molar-refractivity contribution in [3.8, 4) is 5.75 Å². The minimum absolute atomic E-state index is 0. The van der Waals surface area contributed by atoms with Crippen LogP contribution in [0.25, 0.3) is 0 Å². The second-order valence-electron chi connectivity index (χ2n) is 7.35. The van der Waals surface area contributed by atoms with E-state index in [-0.39, 0.29) is 46.5 Å². The van der Waals surface area contributed by atoms with Crippen LogP contribution in [0.2, 0.25) is 0 Å². The second-order valence-corrected chi connectivity index (χ2v) is 7.35. The second kappa shape index (κ2) is 20.5. The van der Waals surface area contributed by atoms with Crippen molar-refractivity contribution in [3.05, 3.63) is 163 Å². The van der Waals surface area contributed by atoms with Crippen LogP contribution >= 0.6 is 0 Å². The van der Waals surface area contributed by atoms with Gasteiger partial charge >= 0.3 is 29.9 Å². The number of phenolic OH excluding ortho intramolecular Hbond substituents is 1. The molecule has 0 saturated heterocycles. The fourth-order valence-electron chi connectivity index (χ4n) is 2.71. The third-order valence-corrected chi connectivity index (χ3v) is 4.55. The van der Waals surface area contributed by atoms with E-state index >= 15 is 0 Å². The van der Waals surface area contributed by atoms with Crippen molar-refractivity contribution >= 4 is 47.5 Å². The molecule has 0 aliphatic carbocycles. The quantitative estimate of drug-likeness (QED) is 0.120. The van der Waals surface area contributed by atoms with Crippen molar-refractivity contribution in [2.24, 2.45) is 10.2 Å². The average Bonchev–Trinajstić information content (AvgIpc) is 3.00. The van der Waals surface area contributed by atoms with E-state index in [1.807, 2.05) is 109 Å². The zero-order valence-electron chi connectivity index (χ0n) is 21.1. The number of carbonyl (C=O) groups is 2. The third-order valence-electron chi connectivity index (χ3n) is 4.55. The summed E-state index contributed by atoms with van der Waals surface area (Å²) in [7, 11) is 0. The predicted molar refractivity (Wildman–Crippen MR) is 156 cm³/mol. The van der Waals surface area contributed by atoms with Gasteiger partial charge < -0.3 is 10.2 Å². The molecule has 5 aromatic rings. The number of phenols is 1. The zero-order chi connectivity index (χ0) is 27.3. The minimum Gasteiger partial charge on any atom is -0.507 e. The van der Waals surface area contributed by atoms with Crippen LogP contribution < -0.4 is 0 Å². The van der Waals surface area contributed by atoms with E-state index in [1.54, 1.807) is 12.1 Å². The topological polar surface area (TPSA) is 99.3 Å². The van der Waals surface area contributed by atoms with Crippen LogP contribution in [0.3, 0.4) is 0 Å². The molecule has 0 fully saturated rings. The Hall–Kier alpha value is -4.56. The van der Waals surface area contributed by atoms with Crippen LogP contribution in [0.5, 0.6) is 5.75 Å². The molecule has 0 atom stereocenters. The molecule has 0 aliphatic heterocycles. The Kier molecular flexibility index (Phi) is 17.1. The first-order valence-electron chi connectivity index (χ1n) is 11.6. The molecule has 0 aromatic heterocycles. The molecule has 0 amide bonds. The van der Waals surface area contributed by atoms with E-state index in [1.165, 1.54) is 30.3 Å². The summed E-state index contributed by atoms with van der Waals surface area (Å²) >= 11 is 0. The monoisotopic (exact) mass is 624 g/mol. The molecule has 0 radical (unpaired) electrons. The molecule has 0 heterocycles. The van der Waals surface area contributed by atoms with Gasteiger partial charge in [0.1, 0.15) is 11.4 Å². The van der Waals surface area contributed by atoms with Crippen molar-refractivity contribution in [1.29, 1.82) is 0 Å². The Morgan fingerprint density at radius 3 is 1.38 bits per heavy atom. The molecule has 0 saturated carbocycles. The maximum atomic E-state index is 11.0. The molecule has 0 aliphatic rings. The van der Waals surface area contributed by atoms with Crippen molar-refractivity contribution in [2.45, 2.75) is 0 Å². The van der Waals surface area contributed by atoms with Gasteiger partial charge in [-0.15, -0.1) is 5.11 Å². The predicted octanol–water partition coefficient (Wildman–Crippen LogP) is 8.00. The summed E-state index contributed by atoms with van der Waals surface area (Å²) in [6.45, 7) is 0. The molecule has 190 valence electrons. The normalized spacial score (nSPS) is 9.13. The molecule has 5 rings (SSSR count). The van der Waals surface area contributed by atoms with Gasteiger partial charge in [-0.2, -0.15) is 5.11 Å². The first-order chi connectivity index (χ1) is 18.6. The number of aromatic hydroxyl groups is 1. The molecule has 0 unspecified atom stereocenters. The number of hydrogen-bond donors (Lipinski definition) is 2. The summed E-state index contributed by atoms with van der Waals surface area (Å²) in [5.74, 6) is -1.25. The van der Waals surface area contributed by atoms with Crippen LogP contribution in [-0.4, -0.2) is 46.4 Å². The van der Waals surface area contributed by atoms with Gasteiger partial charge in [-0.25, -0.2) is 4.79 Å². The summed E-state index contributed by atoms with van der Waals surface area (Å²) in [5, 5.41) is 26.1. The van der Waals surface area contributed by atoms with Crippen LogP contribution in [0.1, 0.15) is 20.7 Å². The zero-order valence-corrected chi connectivity index (χ0v) is 24.0. The Balaban J connectivity index is 0.000000322.